The highest BCUT2D eigenvalue weighted by atomic mass is 15.0. The number of hydrogen-bond donors (Lipinski definition) is 2. The molecule has 2 aromatic rings. The molecule has 1 aliphatic rings. The SMILES string of the molecule is Cc1cc2ccccc2nc1NCC1CCCC1N. The van der Waals surface area contributed by atoms with E-state index in [9.17, 15) is 0 Å². The molecule has 0 bridgehead atoms. The lowest BCUT2D eigenvalue weighted by Gasteiger charge is -2.17. The third-order valence-electron chi connectivity index (χ3n) is 4.16. The third-order valence-corrected chi connectivity index (χ3v) is 4.16. The predicted molar refractivity (Wildman–Crippen MR) is 80.3 cm³/mol. The summed E-state index contributed by atoms with van der Waals surface area (Å²) in [5.74, 6) is 1.59. The Labute approximate surface area is 114 Å². The van der Waals surface area contributed by atoms with E-state index in [4.69, 9.17) is 10.7 Å². The van der Waals surface area contributed by atoms with E-state index in [0.29, 0.717) is 12.0 Å². The number of benzene rings is 1. The monoisotopic (exact) mass is 255 g/mol. The molecule has 1 fully saturated rings. The van der Waals surface area contributed by atoms with Gasteiger partial charge in [-0.1, -0.05) is 24.6 Å². The van der Waals surface area contributed by atoms with Gasteiger partial charge in [0.15, 0.2) is 0 Å². The molecule has 0 spiro atoms. The van der Waals surface area contributed by atoms with Crippen molar-refractivity contribution >= 4 is 16.7 Å². The van der Waals surface area contributed by atoms with Crippen LogP contribution in [0.2, 0.25) is 0 Å². The van der Waals surface area contributed by atoms with Gasteiger partial charge in [-0.3, -0.25) is 0 Å². The van der Waals surface area contributed by atoms with Crippen LogP contribution in [0.25, 0.3) is 10.9 Å². The van der Waals surface area contributed by atoms with E-state index in [0.717, 1.165) is 24.3 Å². The summed E-state index contributed by atoms with van der Waals surface area (Å²) in [6.07, 6.45) is 3.66. The first-order valence-corrected chi connectivity index (χ1v) is 7.10. The number of aryl methyl sites for hydroxylation is 1. The number of para-hydroxylation sites is 1. The van der Waals surface area contributed by atoms with Crippen LogP contribution in [0.1, 0.15) is 24.8 Å². The lowest BCUT2D eigenvalue weighted by Crippen LogP contribution is -2.29. The normalized spacial score (nSPS) is 22.8. The first-order chi connectivity index (χ1) is 9.24. The second kappa shape index (κ2) is 5.17. The van der Waals surface area contributed by atoms with Crippen LogP contribution in [0.3, 0.4) is 0 Å². The van der Waals surface area contributed by atoms with Crippen molar-refractivity contribution in [1.82, 2.24) is 4.98 Å². The number of rotatable bonds is 3. The first kappa shape index (κ1) is 12.4. The highest BCUT2D eigenvalue weighted by molar-refractivity contribution is 5.81. The van der Waals surface area contributed by atoms with Crippen LogP contribution in [0.5, 0.6) is 0 Å². The number of nitrogens with zero attached hydrogens (tertiary/aromatic N) is 1. The molecule has 2 atom stereocenters. The van der Waals surface area contributed by atoms with Crippen molar-refractivity contribution in [3.8, 4) is 0 Å². The molecule has 1 aromatic carbocycles. The van der Waals surface area contributed by atoms with Crippen LogP contribution >= 0.6 is 0 Å². The van der Waals surface area contributed by atoms with Crippen LogP contribution < -0.4 is 11.1 Å². The van der Waals surface area contributed by atoms with Gasteiger partial charge in [-0.25, -0.2) is 4.98 Å². The Kier molecular flexibility index (Phi) is 3.38. The van der Waals surface area contributed by atoms with Crippen molar-refractivity contribution in [3.63, 3.8) is 0 Å². The highest BCUT2D eigenvalue weighted by Crippen LogP contribution is 2.25. The summed E-state index contributed by atoms with van der Waals surface area (Å²) < 4.78 is 0. The van der Waals surface area contributed by atoms with E-state index in [-0.39, 0.29) is 0 Å². The van der Waals surface area contributed by atoms with Gasteiger partial charge < -0.3 is 11.1 Å². The maximum atomic E-state index is 6.11. The Hall–Kier alpha value is -1.61. The minimum absolute atomic E-state index is 0.355. The van der Waals surface area contributed by atoms with E-state index in [1.807, 2.05) is 12.1 Å². The molecule has 1 aromatic heterocycles. The van der Waals surface area contributed by atoms with Crippen LogP contribution in [0.15, 0.2) is 30.3 Å². The zero-order valence-electron chi connectivity index (χ0n) is 11.4. The average molecular weight is 255 g/mol. The minimum atomic E-state index is 0.355. The van der Waals surface area contributed by atoms with Crippen molar-refractivity contribution in [2.24, 2.45) is 11.7 Å². The van der Waals surface area contributed by atoms with Crippen LogP contribution in [0.4, 0.5) is 5.82 Å². The molecule has 0 aliphatic heterocycles. The second-order valence-corrected chi connectivity index (χ2v) is 5.58. The predicted octanol–water partition coefficient (Wildman–Crippen LogP) is 3.08. The Balaban J connectivity index is 1.78. The van der Waals surface area contributed by atoms with Crippen LogP contribution in [0, 0.1) is 12.8 Å². The molecular formula is C16H21N3. The Morgan fingerprint density at radius 3 is 2.95 bits per heavy atom. The van der Waals surface area contributed by atoms with Crippen molar-refractivity contribution in [1.29, 1.82) is 0 Å². The second-order valence-electron chi connectivity index (χ2n) is 5.58. The van der Waals surface area contributed by atoms with Gasteiger partial charge in [-0.15, -0.1) is 0 Å². The lowest BCUT2D eigenvalue weighted by molar-refractivity contribution is 0.504. The molecule has 0 saturated heterocycles. The molecule has 1 aliphatic carbocycles. The molecule has 3 rings (SSSR count). The fraction of sp³-hybridized carbons (Fsp3) is 0.438. The molecular weight excluding hydrogens is 234 g/mol. The summed E-state index contributed by atoms with van der Waals surface area (Å²) in [4.78, 5) is 4.71. The zero-order chi connectivity index (χ0) is 13.2. The molecule has 1 heterocycles. The van der Waals surface area contributed by atoms with E-state index in [1.54, 1.807) is 0 Å². The van der Waals surface area contributed by atoms with E-state index < -0.39 is 0 Å². The van der Waals surface area contributed by atoms with Crippen molar-refractivity contribution in [2.75, 3.05) is 11.9 Å². The van der Waals surface area contributed by atoms with Gasteiger partial charge in [0.1, 0.15) is 5.82 Å². The van der Waals surface area contributed by atoms with Crippen LogP contribution in [-0.4, -0.2) is 17.6 Å². The molecule has 0 amide bonds. The van der Waals surface area contributed by atoms with E-state index in [2.05, 4.69) is 30.4 Å². The topological polar surface area (TPSA) is 50.9 Å². The number of nitrogens with one attached hydrogen (secondary N) is 1. The van der Waals surface area contributed by atoms with Crippen molar-refractivity contribution in [2.45, 2.75) is 32.2 Å². The molecule has 100 valence electrons. The molecule has 3 nitrogen and oxygen atoms in total. The number of pyridine rings is 1. The number of nitrogens with two attached hydrogens (primary N) is 1. The van der Waals surface area contributed by atoms with Gasteiger partial charge in [-0.2, -0.15) is 0 Å². The van der Waals surface area contributed by atoms with Gasteiger partial charge in [0.05, 0.1) is 5.52 Å². The van der Waals surface area contributed by atoms with Gasteiger partial charge >= 0.3 is 0 Å². The fourth-order valence-corrected chi connectivity index (χ4v) is 2.95. The minimum Gasteiger partial charge on any atom is -0.369 e. The lowest BCUT2D eigenvalue weighted by atomic mass is 10.0. The Morgan fingerprint density at radius 2 is 2.16 bits per heavy atom. The maximum Gasteiger partial charge on any atom is 0.129 e. The number of fused-ring (bicyclic) bond motifs is 1. The molecule has 3 heteroatoms. The molecule has 19 heavy (non-hydrogen) atoms. The number of anilines is 1. The summed E-state index contributed by atoms with van der Waals surface area (Å²) >= 11 is 0. The fourth-order valence-electron chi connectivity index (χ4n) is 2.95. The highest BCUT2D eigenvalue weighted by Gasteiger charge is 2.23. The van der Waals surface area contributed by atoms with E-state index >= 15 is 0 Å². The Morgan fingerprint density at radius 1 is 1.32 bits per heavy atom. The zero-order valence-corrected chi connectivity index (χ0v) is 11.4. The average Bonchev–Trinajstić information content (AvgIpc) is 2.82. The largest absolute Gasteiger partial charge is 0.369 e. The van der Waals surface area contributed by atoms with Crippen LogP contribution in [-0.2, 0) is 0 Å². The summed E-state index contributed by atoms with van der Waals surface area (Å²) in [5, 5.41) is 4.68. The van der Waals surface area contributed by atoms with Gasteiger partial charge in [0.25, 0.3) is 0 Å². The first-order valence-electron chi connectivity index (χ1n) is 7.10. The summed E-state index contributed by atoms with van der Waals surface area (Å²) in [7, 11) is 0. The van der Waals surface area contributed by atoms with Crippen molar-refractivity contribution in [3.05, 3.63) is 35.9 Å². The smallest absolute Gasteiger partial charge is 0.129 e. The Bertz CT molecular complexity index is 579. The molecule has 1 saturated carbocycles. The summed E-state index contributed by atoms with van der Waals surface area (Å²) in [5.41, 5.74) is 8.36. The van der Waals surface area contributed by atoms with Crippen molar-refractivity contribution < 1.29 is 0 Å². The summed E-state index contributed by atoms with van der Waals surface area (Å²) in [6.45, 7) is 3.05. The molecule has 0 radical (unpaired) electrons. The van der Waals surface area contributed by atoms with Gasteiger partial charge in [0, 0.05) is 18.0 Å². The quantitative estimate of drug-likeness (QED) is 0.886. The molecule has 2 unspecified atom stereocenters. The van der Waals surface area contributed by atoms with Gasteiger partial charge in [-0.05, 0) is 43.4 Å². The number of hydrogen-bond acceptors (Lipinski definition) is 3. The standard InChI is InChI=1S/C16H21N3/c1-11-9-12-5-2-3-8-15(12)19-16(11)18-10-13-6-4-7-14(13)17/h2-3,5,8-9,13-14H,4,6-7,10,17H2,1H3,(H,18,19). The third kappa shape index (κ3) is 2.56. The number of aromatic nitrogens is 1. The summed E-state index contributed by atoms with van der Waals surface area (Å²) in [6, 6.07) is 10.8. The van der Waals surface area contributed by atoms with Gasteiger partial charge in [0.2, 0.25) is 0 Å². The van der Waals surface area contributed by atoms with E-state index in [1.165, 1.54) is 23.8 Å². The molecule has 3 N–H and O–H groups in total. The maximum absolute atomic E-state index is 6.11.